The number of halogens is 1. The summed E-state index contributed by atoms with van der Waals surface area (Å²) in [5.41, 5.74) is 0.941. The van der Waals surface area contributed by atoms with Crippen molar-refractivity contribution >= 4 is 17.6 Å². The average molecular weight is 295 g/mol. The topological polar surface area (TPSA) is 41.1 Å². The number of carbonyl (C=O) groups is 1. The summed E-state index contributed by atoms with van der Waals surface area (Å²) >= 11 is 6.04. The molecule has 0 radical (unpaired) electrons. The van der Waals surface area contributed by atoms with Crippen LogP contribution in [0.3, 0.4) is 0 Å². The van der Waals surface area contributed by atoms with Crippen molar-refractivity contribution < 1.29 is 4.79 Å². The van der Waals surface area contributed by atoms with Gasteiger partial charge in [-0.2, -0.15) is 0 Å². The van der Waals surface area contributed by atoms with Gasteiger partial charge in [0.1, 0.15) is 0 Å². The molecule has 1 aliphatic rings. The SMILES string of the molecule is O=C(NCCC1CCCCC1)NCc1ccccc1Cl. The molecule has 1 aliphatic carbocycles. The molecule has 1 fully saturated rings. The van der Waals surface area contributed by atoms with Crippen LogP contribution in [0.25, 0.3) is 0 Å². The number of nitrogens with one attached hydrogen (secondary N) is 2. The van der Waals surface area contributed by atoms with Gasteiger partial charge in [0.25, 0.3) is 0 Å². The zero-order valence-electron chi connectivity index (χ0n) is 11.8. The van der Waals surface area contributed by atoms with Crippen LogP contribution in [-0.2, 0) is 6.54 Å². The van der Waals surface area contributed by atoms with E-state index in [4.69, 9.17) is 11.6 Å². The number of rotatable bonds is 5. The lowest BCUT2D eigenvalue weighted by Crippen LogP contribution is -2.36. The van der Waals surface area contributed by atoms with Gasteiger partial charge in [-0.3, -0.25) is 0 Å². The van der Waals surface area contributed by atoms with E-state index in [1.165, 1.54) is 32.1 Å². The predicted octanol–water partition coefficient (Wildman–Crippen LogP) is 4.11. The second-order valence-corrected chi connectivity index (χ2v) is 5.90. The third kappa shape index (κ3) is 5.04. The molecule has 4 heteroatoms. The first-order valence-corrected chi connectivity index (χ1v) is 7.88. The maximum absolute atomic E-state index is 11.7. The normalized spacial score (nSPS) is 15.8. The Labute approximate surface area is 126 Å². The Kier molecular flexibility index (Phi) is 6.19. The van der Waals surface area contributed by atoms with Gasteiger partial charge in [0.2, 0.25) is 0 Å². The maximum atomic E-state index is 11.7. The third-order valence-electron chi connectivity index (χ3n) is 3.96. The summed E-state index contributed by atoms with van der Waals surface area (Å²) < 4.78 is 0. The number of benzene rings is 1. The number of hydrogen-bond donors (Lipinski definition) is 2. The van der Waals surface area contributed by atoms with E-state index in [1.54, 1.807) is 0 Å². The summed E-state index contributed by atoms with van der Waals surface area (Å²) in [7, 11) is 0. The van der Waals surface area contributed by atoms with Gasteiger partial charge in [0.15, 0.2) is 0 Å². The van der Waals surface area contributed by atoms with E-state index in [-0.39, 0.29) is 6.03 Å². The minimum Gasteiger partial charge on any atom is -0.338 e. The summed E-state index contributed by atoms with van der Waals surface area (Å²) in [5, 5.41) is 6.46. The molecule has 0 saturated heterocycles. The lowest BCUT2D eigenvalue weighted by molar-refractivity contribution is 0.238. The highest BCUT2D eigenvalue weighted by Gasteiger charge is 2.13. The minimum absolute atomic E-state index is 0.110. The Morgan fingerprint density at radius 2 is 1.90 bits per heavy atom. The van der Waals surface area contributed by atoms with Crippen LogP contribution in [0.5, 0.6) is 0 Å². The van der Waals surface area contributed by atoms with E-state index in [0.717, 1.165) is 24.4 Å². The second-order valence-electron chi connectivity index (χ2n) is 5.49. The van der Waals surface area contributed by atoms with Crippen molar-refractivity contribution in [2.24, 2.45) is 5.92 Å². The Morgan fingerprint density at radius 1 is 1.15 bits per heavy atom. The van der Waals surface area contributed by atoms with Crippen LogP contribution in [0.15, 0.2) is 24.3 Å². The quantitative estimate of drug-likeness (QED) is 0.843. The first-order valence-electron chi connectivity index (χ1n) is 7.51. The van der Waals surface area contributed by atoms with Crippen molar-refractivity contribution in [2.75, 3.05) is 6.54 Å². The van der Waals surface area contributed by atoms with E-state index < -0.39 is 0 Å². The van der Waals surface area contributed by atoms with E-state index in [2.05, 4.69) is 10.6 Å². The summed E-state index contributed by atoms with van der Waals surface area (Å²) in [5.74, 6) is 0.799. The molecule has 0 bridgehead atoms. The fraction of sp³-hybridized carbons (Fsp3) is 0.562. The number of amides is 2. The third-order valence-corrected chi connectivity index (χ3v) is 4.33. The molecule has 110 valence electrons. The molecule has 0 aliphatic heterocycles. The molecule has 2 N–H and O–H groups in total. The van der Waals surface area contributed by atoms with Gasteiger partial charge in [0, 0.05) is 18.1 Å². The first kappa shape index (κ1) is 15.2. The highest BCUT2D eigenvalue weighted by Crippen LogP contribution is 2.25. The second kappa shape index (κ2) is 8.15. The smallest absolute Gasteiger partial charge is 0.315 e. The van der Waals surface area contributed by atoms with Gasteiger partial charge in [-0.15, -0.1) is 0 Å². The number of carbonyl (C=O) groups excluding carboxylic acids is 1. The molecule has 0 spiro atoms. The molecular weight excluding hydrogens is 272 g/mol. The van der Waals surface area contributed by atoms with Crippen molar-refractivity contribution in [1.29, 1.82) is 0 Å². The maximum Gasteiger partial charge on any atom is 0.315 e. The largest absolute Gasteiger partial charge is 0.338 e. The van der Waals surface area contributed by atoms with Crippen LogP contribution in [0.1, 0.15) is 44.1 Å². The Hall–Kier alpha value is -1.22. The molecular formula is C16H23ClN2O. The zero-order valence-corrected chi connectivity index (χ0v) is 12.6. The molecule has 1 saturated carbocycles. The van der Waals surface area contributed by atoms with E-state index in [0.29, 0.717) is 11.6 Å². The van der Waals surface area contributed by atoms with Crippen LogP contribution >= 0.6 is 11.6 Å². The molecule has 0 aromatic heterocycles. The van der Waals surface area contributed by atoms with E-state index in [9.17, 15) is 4.79 Å². The highest BCUT2D eigenvalue weighted by atomic mass is 35.5. The number of urea groups is 1. The van der Waals surface area contributed by atoms with Crippen LogP contribution in [0.2, 0.25) is 5.02 Å². The fourth-order valence-corrected chi connectivity index (χ4v) is 2.95. The molecule has 1 aromatic carbocycles. The fourth-order valence-electron chi connectivity index (χ4n) is 2.75. The van der Waals surface area contributed by atoms with Crippen molar-refractivity contribution in [3.8, 4) is 0 Å². The Morgan fingerprint density at radius 3 is 2.65 bits per heavy atom. The van der Waals surface area contributed by atoms with Crippen molar-refractivity contribution in [3.63, 3.8) is 0 Å². The molecule has 1 aromatic rings. The molecule has 0 atom stereocenters. The van der Waals surface area contributed by atoms with Gasteiger partial charge in [-0.25, -0.2) is 4.79 Å². The summed E-state index contributed by atoms with van der Waals surface area (Å²) in [4.78, 5) is 11.7. The molecule has 2 amide bonds. The van der Waals surface area contributed by atoms with Crippen LogP contribution in [-0.4, -0.2) is 12.6 Å². The average Bonchev–Trinajstić information content (AvgIpc) is 2.47. The molecule has 20 heavy (non-hydrogen) atoms. The van der Waals surface area contributed by atoms with Crippen molar-refractivity contribution in [1.82, 2.24) is 10.6 Å². The number of hydrogen-bond acceptors (Lipinski definition) is 1. The van der Waals surface area contributed by atoms with Gasteiger partial charge in [-0.05, 0) is 24.0 Å². The van der Waals surface area contributed by atoms with E-state index in [1.807, 2.05) is 24.3 Å². The van der Waals surface area contributed by atoms with Crippen LogP contribution in [0.4, 0.5) is 4.79 Å². The summed E-state index contributed by atoms with van der Waals surface area (Å²) in [6.07, 6.45) is 7.82. The predicted molar refractivity (Wildman–Crippen MR) is 82.9 cm³/mol. The van der Waals surface area contributed by atoms with E-state index >= 15 is 0 Å². The van der Waals surface area contributed by atoms with Crippen molar-refractivity contribution in [3.05, 3.63) is 34.9 Å². The van der Waals surface area contributed by atoms with Gasteiger partial charge >= 0.3 is 6.03 Å². The van der Waals surface area contributed by atoms with Gasteiger partial charge in [-0.1, -0.05) is 61.9 Å². The molecule has 3 nitrogen and oxygen atoms in total. The molecule has 2 rings (SSSR count). The monoisotopic (exact) mass is 294 g/mol. The van der Waals surface area contributed by atoms with Crippen LogP contribution in [0, 0.1) is 5.92 Å². The summed E-state index contributed by atoms with van der Waals surface area (Å²) in [6.45, 7) is 1.23. The zero-order chi connectivity index (χ0) is 14.2. The Balaban J connectivity index is 1.62. The van der Waals surface area contributed by atoms with Crippen molar-refractivity contribution in [2.45, 2.75) is 45.1 Å². The van der Waals surface area contributed by atoms with Crippen LogP contribution < -0.4 is 10.6 Å². The molecule has 0 heterocycles. The minimum atomic E-state index is -0.110. The first-order chi connectivity index (χ1) is 9.75. The lowest BCUT2D eigenvalue weighted by Gasteiger charge is -2.21. The summed E-state index contributed by atoms with van der Waals surface area (Å²) in [6, 6.07) is 7.45. The lowest BCUT2D eigenvalue weighted by atomic mass is 9.87. The van der Waals surface area contributed by atoms with Gasteiger partial charge in [0.05, 0.1) is 0 Å². The standard InChI is InChI=1S/C16H23ClN2O/c17-15-9-5-4-8-14(15)12-19-16(20)18-11-10-13-6-2-1-3-7-13/h4-5,8-9,13H,1-3,6-7,10-12H2,(H2,18,19,20). The van der Waals surface area contributed by atoms with Gasteiger partial charge < -0.3 is 10.6 Å². The highest BCUT2D eigenvalue weighted by molar-refractivity contribution is 6.31. The Bertz CT molecular complexity index is 430. The molecule has 0 unspecified atom stereocenters.